The lowest BCUT2D eigenvalue weighted by Gasteiger charge is -2.14. The number of rotatable bonds is 7. The first-order chi connectivity index (χ1) is 14.0. The molecule has 2 aromatic carbocycles. The van der Waals surface area contributed by atoms with E-state index in [9.17, 15) is 9.18 Å². The molecule has 0 aliphatic rings. The molecule has 1 aromatic heterocycles. The Kier molecular flexibility index (Phi) is 5.91. The predicted octanol–water partition coefficient (Wildman–Crippen LogP) is 2.06. The van der Waals surface area contributed by atoms with Crippen molar-refractivity contribution in [3.05, 3.63) is 63.8 Å². The molecular formula is C19H20FN5O4. The minimum atomic E-state index is -0.554. The fourth-order valence-electron chi connectivity index (χ4n) is 2.74. The van der Waals surface area contributed by atoms with Crippen LogP contribution in [0.2, 0.25) is 0 Å². The third kappa shape index (κ3) is 4.10. The quantitative estimate of drug-likeness (QED) is 0.445. The normalized spacial score (nSPS) is 11.4. The van der Waals surface area contributed by atoms with Crippen LogP contribution in [0.1, 0.15) is 18.1 Å². The average Bonchev–Trinajstić information content (AvgIpc) is 3.05. The third-order valence-electron chi connectivity index (χ3n) is 4.23. The summed E-state index contributed by atoms with van der Waals surface area (Å²) >= 11 is 0. The Labute approximate surface area is 165 Å². The van der Waals surface area contributed by atoms with Gasteiger partial charge < -0.3 is 14.3 Å². The van der Waals surface area contributed by atoms with Crippen molar-refractivity contribution in [2.45, 2.75) is 13.5 Å². The summed E-state index contributed by atoms with van der Waals surface area (Å²) in [5, 5.41) is 11.3. The fraction of sp³-hybridized carbons (Fsp3) is 0.263. The van der Waals surface area contributed by atoms with Crippen LogP contribution in [0.4, 0.5) is 4.39 Å². The molecule has 0 amide bonds. The van der Waals surface area contributed by atoms with E-state index in [0.717, 1.165) is 9.36 Å². The zero-order valence-corrected chi connectivity index (χ0v) is 16.4. The predicted molar refractivity (Wildman–Crippen MR) is 103 cm³/mol. The van der Waals surface area contributed by atoms with Crippen molar-refractivity contribution in [3.63, 3.8) is 0 Å². The maximum Gasteiger partial charge on any atom is 0.368 e. The first-order valence-electron chi connectivity index (χ1n) is 8.62. The van der Waals surface area contributed by atoms with Crippen molar-refractivity contribution < 1.29 is 18.7 Å². The lowest BCUT2D eigenvalue weighted by atomic mass is 10.1. The van der Waals surface area contributed by atoms with E-state index in [1.54, 1.807) is 31.2 Å². The highest BCUT2D eigenvalue weighted by molar-refractivity contribution is 5.98. The zero-order valence-electron chi connectivity index (χ0n) is 16.4. The van der Waals surface area contributed by atoms with Gasteiger partial charge in [0.1, 0.15) is 19.5 Å². The molecule has 0 bridgehead atoms. The van der Waals surface area contributed by atoms with Crippen molar-refractivity contribution in [1.29, 1.82) is 0 Å². The maximum absolute atomic E-state index is 14.5. The van der Waals surface area contributed by atoms with Crippen LogP contribution in [-0.2, 0) is 18.5 Å². The number of methoxy groups -OCH3 is 1. The van der Waals surface area contributed by atoms with Crippen LogP contribution >= 0.6 is 0 Å². The van der Waals surface area contributed by atoms with Gasteiger partial charge in [0.25, 0.3) is 0 Å². The van der Waals surface area contributed by atoms with Gasteiger partial charge in [-0.15, -0.1) is 0 Å². The Morgan fingerprint density at radius 2 is 1.97 bits per heavy atom. The number of tetrazole rings is 1. The summed E-state index contributed by atoms with van der Waals surface area (Å²) in [5.41, 5.74) is 1.64. The van der Waals surface area contributed by atoms with Gasteiger partial charge in [-0.2, -0.15) is 9.36 Å². The molecule has 152 valence electrons. The summed E-state index contributed by atoms with van der Waals surface area (Å²) in [4.78, 5) is 16.9. The van der Waals surface area contributed by atoms with Gasteiger partial charge in [-0.3, -0.25) is 0 Å². The Hall–Kier alpha value is -3.69. The molecule has 0 saturated carbocycles. The average molecular weight is 401 g/mol. The first-order valence-corrected chi connectivity index (χ1v) is 8.62. The third-order valence-corrected chi connectivity index (χ3v) is 4.23. The van der Waals surface area contributed by atoms with Crippen LogP contribution in [0.25, 0.3) is 5.69 Å². The van der Waals surface area contributed by atoms with Gasteiger partial charge in [0.2, 0.25) is 0 Å². The fourth-order valence-corrected chi connectivity index (χ4v) is 2.74. The lowest BCUT2D eigenvalue weighted by molar-refractivity contribution is 0.213. The van der Waals surface area contributed by atoms with Crippen LogP contribution in [0.5, 0.6) is 11.5 Å². The number of oxime groups is 1. The Balaban J connectivity index is 1.92. The molecular weight excluding hydrogens is 381 g/mol. The molecule has 9 nitrogen and oxygen atoms in total. The number of benzene rings is 2. The minimum Gasteiger partial charge on any atom is -0.496 e. The van der Waals surface area contributed by atoms with Gasteiger partial charge in [-0.1, -0.05) is 11.2 Å². The zero-order chi connectivity index (χ0) is 21.0. The number of hydrogen-bond donors (Lipinski definition) is 0. The molecule has 29 heavy (non-hydrogen) atoms. The summed E-state index contributed by atoms with van der Waals surface area (Å²) in [5.74, 6) is -0.0382. The summed E-state index contributed by atoms with van der Waals surface area (Å²) < 4.78 is 27.8. The number of nitrogens with zero attached hydrogens (tertiary/aromatic N) is 5. The number of halogens is 1. The number of aryl methyl sites for hydroxylation is 1. The topological polar surface area (TPSA) is 92.8 Å². The Morgan fingerprint density at radius 3 is 2.59 bits per heavy atom. The van der Waals surface area contributed by atoms with Crippen LogP contribution in [0.15, 0.2) is 46.3 Å². The second kappa shape index (κ2) is 8.55. The van der Waals surface area contributed by atoms with E-state index >= 15 is 0 Å². The van der Waals surface area contributed by atoms with Gasteiger partial charge in [0, 0.05) is 12.6 Å². The molecule has 0 aliphatic carbocycles. The van der Waals surface area contributed by atoms with Crippen molar-refractivity contribution in [2.24, 2.45) is 12.2 Å². The highest BCUT2D eigenvalue weighted by Crippen LogP contribution is 2.27. The number of hydrogen-bond acceptors (Lipinski definition) is 7. The Bertz CT molecular complexity index is 1110. The van der Waals surface area contributed by atoms with Crippen LogP contribution in [0, 0.1) is 5.82 Å². The van der Waals surface area contributed by atoms with Crippen LogP contribution in [-0.4, -0.2) is 39.7 Å². The van der Waals surface area contributed by atoms with Gasteiger partial charge in [0.15, 0.2) is 11.6 Å². The summed E-state index contributed by atoms with van der Waals surface area (Å²) in [7, 11) is 4.41. The lowest BCUT2D eigenvalue weighted by Crippen LogP contribution is -2.23. The van der Waals surface area contributed by atoms with Crippen molar-refractivity contribution in [3.8, 4) is 17.2 Å². The van der Waals surface area contributed by atoms with Crippen molar-refractivity contribution in [2.75, 3.05) is 14.2 Å². The van der Waals surface area contributed by atoms with E-state index in [2.05, 4.69) is 15.6 Å². The molecule has 10 heteroatoms. The first kappa shape index (κ1) is 20.1. The van der Waals surface area contributed by atoms with Crippen molar-refractivity contribution >= 4 is 5.71 Å². The van der Waals surface area contributed by atoms with E-state index < -0.39 is 11.5 Å². The second-order valence-electron chi connectivity index (χ2n) is 6.05. The largest absolute Gasteiger partial charge is 0.496 e. The van der Waals surface area contributed by atoms with Gasteiger partial charge in [0.05, 0.1) is 24.1 Å². The summed E-state index contributed by atoms with van der Waals surface area (Å²) in [6.45, 7) is 1.66. The molecule has 0 unspecified atom stereocenters. The van der Waals surface area contributed by atoms with Gasteiger partial charge >= 0.3 is 5.69 Å². The molecule has 1 heterocycles. The molecule has 0 radical (unpaired) electrons. The molecule has 3 aromatic rings. The molecule has 0 aliphatic heterocycles. The Morgan fingerprint density at radius 1 is 1.17 bits per heavy atom. The van der Waals surface area contributed by atoms with E-state index in [-0.39, 0.29) is 12.4 Å². The number of aromatic nitrogens is 4. The van der Waals surface area contributed by atoms with Crippen molar-refractivity contribution in [1.82, 2.24) is 19.8 Å². The summed E-state index contributed by atoms with van der Waals surface area (Å²) in [6, 6.07) is 9.60. The molecule has 0 saturated heterocycles. The smallest absolute Gasteiger partial charge is 0.368 e. The highest BCUT2D eigenvalue weighted by Gasteiger charge is 2.17. The van der Waals surface area contributed by atoms with Gasteiger partial charge in [-0.25, -0.2) is 9.18 Å². The SMILES string of the molecule is CO/N=C(\C)c1ccc(OCc2c(OC)cccc2-n2nnn(C)c2=O)c(F)c1. The number of ether oxygens (including phenoxy) is 2. The van der Waals surface area contributed by atoms with E-state index in [1.807, 2.05) is 0 Å². The van der Waals surface area contributed by atoms with E-state index in [4.69, 9.17) is 14.3 Å². The van der Waals surface area contributed by atoms with Crippen LogP contribution in [0.3, 0.4) is 0 Å². The molecule has 0 fully saturated rings. The highest BCUT2D eigenvalue weighted by atomic mass is 19.1. The molecule has 3 rings (SSSR count). The molecule has 0 atom stereocenters. The van der Waals surface area contributed by atoms with E-state index in [1.165, 1.54) is 33.4 Å². The van der Waals surface area contributed by atoms with Gasteiger partial charge in [-0.05, 0) is 47.7 Å². The standard InChI is InChI=1S/C19H20FN5O4/c1-12(21-28-4)13-8-9-18(15(20)10-13)29-11-14-16(6-5-7-17(14)27-3)25-19(26)24(2)22-23-25/h5-10H,11H2,1-4H3/b21-12+. The summed E-state index contributed by atoms with van der Waals surface area (Å²) in [6.07, 6.45) is 0. The molecule has 0 spiro atoms. The maximum atomic E-state index is 14.5. The molecule has 0 N–H and O–H groups in total. The van der Waals surface area contributed by atoms with E-state index in [0.29, 0.717) is 28.3 Å². The van der Waals surface area contributed by atoms with Crippen LogP contribution < -0.4 is 15.2 Å². The monoisotopic (exact) mass is 401 g/mol. The minimum absolute atomic E-state index is 0.0438. The second-order valence-corrected chi connectivity index (χ2v) is 6.05.